The molecule has 0 saturated heterocycles. The number of carbonyl (C=O) groups excluding carboxylic acids is 1. The van der Waals surface area contributed by atoms with Crippen LogP contribution in [0.2, 0.25) is 5.02 Å². The molecule has 0 spiro atoms. The van der Waals surface area contributed by atoms with E-state index in [0.717, 1.165) is 22.2 Å². The van der Waals surface area contributed by atoms with E-state index in [1.54, 1.807) is 4.90 Å². The van der Waals surface area contributed by atoms with Crippen molar-refractivity contribution in [2.45, 2.75) is 13.0 Å². The monoisotopic (exact) mass is 313 g/mol. The molecule has 22 heavy (non-hydrogen) atoms. The lowest BCUT2D eigenvalue weighted by molar-refractivity contribution is 0.252. The first-order valence-corrected chi connectivity index (χ1v) is 7.35. The molecule has 5 heteroatoms. The van der Waals surface area contributed by atoms with Crippen molar-refractivity contribution in [1.29, 1.82) is 0 Å². The summed E-state index contributed by atoms with van der Waals surface area (Å²) in [5.74, 6) is 0. The highest BCUT2D eigenvalue weighted by atomic mass is 35.5. The molecule has 1 heterocycles. The molecule has 3 rings (SSSR count). The average molecular weight is 314 g/mol. The summed E-state index contributed by atoms with van der Waals surface area (Å²) in [5, 5.41) is 1.70. The third-order valence-corrected chi connectivity index (χ3v) is 4.04. The Hall–Kier alpha value is -2.46. The van der Waals surface area contributed by atoms with Gasteiger partial charge in [0.05, 0.1) is 6.04 Å². The van der Waals surface area contributed by atoms with Crippen molar-refractivity contribution in [3.05, 3.63) is 65.3 Å². The van der Waals surface area contributed by atoms with E-state index in [1.165, 1.54) is 0 Å². The van der Waals surface area contributed by atoms with Gasteiger partial charge in [0.1, 0.15) is 0 Å². The number of amides is 2. The average Bonchev–Trinajstić information content (AvgIpc) is 2.95. The van der Waals surface area contributed by atoms with Crippen molar-refractivity contribution in [1.82, 2.24) is 4.98 Å². The Balaban J connectivity index is 2.01. The lowest BCUT2D eigenvalue weighted by atomic mass is 10.1. The van der Waals surface area contributed by atoms with Crippen molar-refractivity contribution in [3.63, 3.8) is 0 Å². The summed E-state index contributed by atoms with van der Waals surface area (Å²) < 4.78 is 0. The Bertz CT molecular complexity index is 810. The fourth-order valence-corrected chi connectivity index (χ4v) is 2.75. The number of urea groups is 1. The van der Waals surface area contributed by atoms with Crippen LogP contribution in [0.4, 0.5) is 10.5 Å². The van der Waals surface area contributed by atoms with E-state index >= 15 is 0 Å². The summed E-state index contributed by atoms with van der Waals surface area (Å²) in [7, 11) is 0. The molecule has 2 aromatic carbocycles. The SMILES string of the molecule is C[C@@H](c1ccc(Cl)cc1)N(C(N)=O)c1ccc2[nH]ccc2c1. The van der Waals surface area contributed by atoms with Gasteiger partial charge >= 0.3 is 6.03 Å². The first-order valence-electron chi connectivity index (χ1n) is 6.97. The summed E-state index contributed by atoms with van der Waals surface area (Å²) in [5.41, 5.74) is 8.37. The van der Waals surface area contributed by atoms with Gasteiger partial charge in [0, 0.05) is 27.8 Å². The Morgan fingerprint density at radius 2 is 1.91 bits per heavy atom. The number of primary amides is 1. The number of carbonyl (C=O) groups is 1. The van der Waals surface area contributed by atoms with Crippen molar-refractivity contribution >= 4 is 34.2 Å². The van der Waals surface area contributed by atoms with Gasteiger partial charge in [-0.2, -0.15) is 0 Å². The number of benzene rings is 2. The predicted octanol–water partition coefficient (Wildman–Crippen LogP) is 4.47. The molecule has 2 amide bonds. The van der Waals surface area contributed by atoms with E-state index in [0.29, 0.717) is 5.02 Å². The summed E-state index contributed by atoms with van der Waals surface area (Å²) in [4.78, 5) is 16.7. The second-order valence-corrected chi connectivity index (χ2v) is 5.62. The molecule has 1 aromatic heterocycles. The number of aromatic nitrogens is 1. The van der Waals surface area contributed by atoms with E-state index in [4.69, 9.17) is 17.3 Å². The van der Waals surface area contributed by atoms with Gasteiger partial charge in [0.25, 0.3) is 0 Å². The highest BCUT2D eigenvalue weighted by molar-refractivity contribution is 6.30. The number of nitrogens with zero attached hydrogens (tertiary/aromatic N) is 1. The Morgan fingerprint density at radius 1 is 1.18 bits per heavy atom. The van der Waals surface area contributed by atoms with Gasteiger partial charge in [0.2, 0.25) is 0 Å². The van der Waals surface area contributed by atoms with Gasteiger partial charge in [-0.1, -0.05) is 23.7 Å². The summed E-state index contributed by atoms with van der Waals surface area (Å²) in [6.07, 6.45) is 1.87. The predicted molar refractivity (Wildman–Crippen MR) is 90.2 cm³/mol. The lowest BCUT2D eigenvalue weighted by Crippen LogP contribution is -2.37. The zero-order valence-corrected chi connectivity index (χ0v) is 12.8. The minimum absolute atomic E-state index is 0.189. The number of halogens is 1. The fraction of sp³-hybridized carbons (Fsp3) is 0.118. The third kappa shape index (κ3) is 2.65. The number of anilines is 1. The molecule has 0 aliphatic carbocycles. The van der Waals surface area contributed by atoms with E-state index in [9.17, 15) is 4.79 Å². The Labute approximate surface area is 133 Å². The number of hydrogen-bond donors (Lipinski definition) is 2. The molecule has 4 nitrogen and oxygen atoms in total. The van der Waals surface area contributed by atoms with Crippen molar-refractivity contribution in [2.24, 2.45) is 5.73 Å². The standard InChI is InChI=1S/C17H16ClN3O/c1-11(12-2-4-14(18)5-3-12)21(17(19)22)15-6-7-16-13(10-15)8-9-20-16/h2-11,20H,1H3,(H2,19,22)/t11-/m0/s1. The largest absolute Gasteiger partial charge is 0.361 e. The van der Waals surface area contributed by atoms with Crippen molar-refractivity contribution in [3.8, 4) is 0 Å². The molecule has 0 bridgehead atoms. The second kappa shape index (κ2) is 5.73. The third-order valence-electron chi connectivity index (χ3n) is 3.79. The topological polar surface area (TPSA) is 62.1 Å². The van der Waals surface area contributed by atoms with Gasteiger partial charge in [0.15, 0.2) is 0 Å². The molecule has 112 valence electrons. The zero-order valence-electron chi connectivity index (χ0n) is 12.1. The molecule has 3 N–H and O–H groups in total. The van der Waals surface area contributed by atoms with Crippen LogP contribution in [0.1, 0.15) is 18.5 Å². The van der Waals surface area contributed by atoms with Crippen LogP contribution in [0.3, 0.4) is 0 Å². The molecule has 0 radical (unpaired) electrons. The van der Waals surface area contributed by atoms with Crippen LogP contribution in [0.5, 0.6) is 0 Å². The molecule has 0 aliphatic rings. The van der Waals surface area contributed by atoms with E-state index in [-0.39, 0.29) is 6.04 Å². The molecule has 0 unspecified atom stereocenters. The van der Waals surface area contributed by atoms with Gasteiger partial charge in [-0.3, -0.25) is 4.90 Å². The zero-order chi connectivity index (χ0) is 15.7. The lowest BCUT2D eigenvalue weighted by Gasteiger charge is -2.28. The number of hydrogen-bond acceptors (Lipinski definition) is 1. The molecule has 1 atom stereocenters. The van der Waals surface area contributed by atoms with Crippen molar-refractivity contribution in [2.75, 3.05) is 4.90 Å². The maximum Gasteiger partial charge on any atom is 0.319 e. The summed E-state index contributed by atoms with van der Waals surface area (Å²) in [6, 6.07) is 14.5. The number of nitrogens with one attached hydrogen (secondary N) is 1. The van der Waals surface area contributed by atoms with Gasteiger partial charge in [-0.05, 0) is 48.9 Å². The van der Waals surface area contributed by atoms with Crippen LogP contribution in [-0.2, 0) is 0 Å². The van der Waals surface area contributed by atoms with Crippen LogP contribution in [0.15, 0.2) is 54.7 Å². The van der Waals surface area contributed by atoms with Gasteiger partial charge in [-0.15, -0.1) is 0 Å². The van der Waals surface area contributed by atoms with Crippen molar-refractivity contribution < 1.29 is 4.79 Å². The highest BCUT2D eigenvalue weighted by Crippen LogP contribution is 2.29. The number of fused-ring (bicyclic) bond motifs is 1. The minimum Gasteiger partial charge on any atom is -0.361 e. The van der Waals surface area contributed by atoms with Gasteiger partial charge in [-0.25, -0.2) is 4.79 Å². The van der Waals surface area contributed by atoms with Gasteiger partial charge < -0.3 is 10.7 Å². The first-order chi connectivity index (χ1) is 10.6. The molecule has 0 fully saturated rings. The Kier molecular flexibility index (Phi) is 3.77. The first kappa shape index (κ1) is 14.5. The smallest absolute Gasteiger partial charge is 0.319 e. The Morgan fingerprint density at radius 3 is 2.59 bits per heavy atom. The molecule has 3 aromatic rings. The summed E-state index contributed by atoms with van der Waals surface area (Å²) in [6.45, 7) is 1.94. The van der Waals surface area contributed by atoms with Crippen LogP contribution in [0, 0.1) is 0 Å². The summed E-state index contributed by atoms with van der Waals surface area (Å²) >= 11 is 5.92. The quantitative estimate of drug-likeness (QED) is 0.736. The number of H-pyrrole nitrogens is 1. The van der Waals surface area contributed by atoms with E-state index in [2.05, 4.69) is 4.98 Å². The normalized spacial score (nSPS) is 12.3. The number of aromatic amines is 1. The molecular weight excluding hydrogens is 298 g/mol. The molecule has 0 saturated carbocycles. The van der Waals surface area contributed by atoms with Crippen LogP contribution >= 0.6 is 11.6 Å². The minimum atomic E-state index is -0.489. The second-order valence-electron chi connectivity index (χ2n) is 5.18. The number of rotatable bonds is 3. The van der Waals surface area contributed by atoms with E-state index in [1.807, 2.05) is 61.7 Å². The van der Waals surface area contributed by atoms with Crippen LogP contribution < -0.4 is 10.6 Å². The number of nitrogens with two attached hydrogens (primary N) is 1. The highest BCUT2D eigenvalue weighted by Gasteiger charge is 2.21. The molecule has 0 aliphatic heterocycles. The van der Waals surface area contributed by atoms with Crippen LogP contribution in [-0.4, -0.2) is 11.0 Å². The maximum atomic E-state index is 12.0. The molecular formula is C17H16ClN3O. The van der Waals surface area contributed by atoms with Crippen LogP contribution in [0.25, 0.3) is 10.9 Å². The fourth-order valence-electron chi connectivity index (χ4n) is 2.62. The van der Waals surface area contributed by atoms with E-state index < -0.39 is 6.03 Å². The maximum absolute atomic E-state index is 12.0.